The first-order valence-corrected chi connectivity index (χ1v) is 7.63. The molecule has 0 aliphatic carbocycles. The van der Waals surface area contributed by atoms with Gasteiger partial charge in [0.25, 0.3) is 0 Å². The molecule has 0 aromatic rings. The van der Waals surface area contributed by atoms with Crippen LogP contribution in [-0.4, -0.2) is 63.1 Å². The molecule has 0 saturated heterocycles. The summed E-state index contributed by atoms with van der Waals surface area (Å²) < 4.78 is 5.46. The highest BCUT2D eigenvalue weighted by molar-refractivity contribution is 4.59. The lowest BCUT2D eigenvalue weighted by molar-refractivity contribution is 0.0348. The molecule has 0 bridgehead atoms. The van der Waals surface area contributed by atoms with Crippen molar-refractivity contribution < 1.29 is 9.84 Å². The quantitative estimate of drug-likeness (QED) is 0.502. The normalized spacial score (nSPS) is 13.4. The van der Waals surface area contributed by atoms with Gasteiger partial charge in [-0.15, -0.1) is 0 Å². The Morgan fingerprint density at radius 3 is 2.53 bits per heavy atom. The number of hydrogen-bond donors (Lipinski definition) is 2. The van der Waals surface area contributed by atoms with E-state index in [0.717, 1.165) is 38.5 Å². The first-order chi connectivity index (χ1) is 9.02. The third-order valence-electron chi connectivity index (χ3n) is 2.97. The first-order valence-electron chi connectivity index (χ1n) is 7.63. The Morgan fingerprint density at radius 2 is 1.89 bits per heavy atom. The van der Waals surface area contributed by atoms with Crippen LogP contribution < -0.4 is 5.32 Å². The van der Waals surface area contributed by atoms with E-state index in [1.54, 1.807) is 0 Å². The number of unbranched alkanes of at least 4 members (excludes halogenated alkanes) is 1. The number of ether oxygens (including phenoxy) is 1. The topological polar surface area (TPSA) is 44.7 Å². The van der Waals surface area contributed by atoms with Crippen LogP contribution in [0.1, 0.15) is 39.5 Å². The van der Waals surface area contributed by atoms with Crippen LogP contribution in [-0.2, 0) is 4.74 Å². The van der Waals surface area contributed by atoms with Gasteiger partial charge in [0.05, 0.1) is 12.7 Å². The average Bonchev–Trinajstić information content (AvgIpc) is 2.32. The Morgan fingerprint density at radius 1 is 1.16 bits per heavy atom. The predicted molar refractivity (Wildman–Crippen MR) is 81.6 cm³/mol. The summed E-state index contributed by atoms with van der Waals surface area (Å²) in [6.45, 7) is 8.37. The molecule has 4 heteroatoms. The van der Waals surface area contributed by atoms with Crippen molar-refractivity contribution in [3.63, 3.8) is 0 Å². The Kier molecular flexibility index (Phi) is 12.7. The number of nitrogens with zero attached hydrogens (tertiary/aromatic N) is 1. The van der Waals surface area contributed by atoms with Crippen molar-refractivity contribution in [2.75, 3.05) is 46.9 Å². The molecule has 116 valence electrons. The van der Waals surface area contributed by atoms with Gasteiger partial charge >= 0.3 is 0 Å². The van der Waals surface area contributed by atoms with Crippen LogP contribution in [0.25, 0.3) is 0 Å². The van der Waals surface area contributed by atoms with Crippen molar-refractivity contribution in [3.8, 4) is 0 Å². The number of nitrogens with one attached hydrogen (secondary N) is 1. The molecule has 0 aromatic carbocycles. The Hall–Kier alpha value is -0.160. The summed E-state index contributed by atoms with van der Waals surface area (Å²) in [7, 11) is 4.18. The molecule has 0 spiro atoms. The van der Waals surface area contributed by atoms with Gasteiger partial charge in [0.15, 0.2) is 0 Å². The molecule has 0 fully saturated rings. The first kappa shape index (κ1) is 18.8. The summed E-state index contributed by atoms with van der Waals surface area (Å²) in [6, 6.07) is 0. The van der Waals surface area contributed by atoms with Gasteiger partial charge in [0.2, 0.25) is 0 Å². The van der Waals surface area contributed by atoms with Gasteiger partial charge in [0.1, 0.15) is 0 Å². The van der Waals surface area contributed by atoms with Crippen LogP contribution in [0, 0.1) is 5.92 Å². The highest BCUT2D eigenvalue weighted by Crippen LogP contribution is 2.03. The van der Waals surface area contributed by atoms with Crippen molar-refractivity contribution in [2.45, 2.75) is 45.6 Å². The summed E-state index contributed by atoms with van der Waals surface area (Å²) in [5, 5.41) is 13.0. The van der Waals surface area contributed by atoms with Crippen molar-refractivity contribution >= 4 is 0 Å². The third kappa shape index (κ3) is 15.8. The van der Waals surface area contributed by atoms with E-state index in [1.165, 1.54) is 12.8 Å². The molecule has 19 heavy (non-hydrogen) atoms. The number of rotatable bonds is 13. The van der Waals surface area contributed by atoms with Crippen LogP contribution >= 0.6 is 0 Å². The summed E-state index contributed by atoms with van der Waals surface area (Å²) in [5.41, 5.74) is 0. The van der Waals surface area contributed by atoms with Crippen LogP contribution in [0.5, 0.6) is 0 Å². The van der Waals surface area contributed by atoms with E-state index in [1.807, 2.05) is 0 Å². The second-order valence-corrected chi connectivity index (χ2v) is 5.98. The minimum Gasteiger partial charge on any atom is -0.389 e. The van der Waals surface area contributed by atoms with E-state index in [9.17, 15) is 5.11 Å². The Balaban J connectivity index is 3.19. The molecule has 0 aliphatic heterocycles. The molecule has 1 unspecified atom stereocenters. The van der Waals surface area contributed by atoms with Gasteiger partial charge in [-0.25, -0.2) is 0 Å². The predicted octanol–water partition coefficient (Wildman–Crippen LogP) is 1.73. The number of aliphatic hydroxyl groups is 1. The number of hydrogen-bond acceptors (Lipinski definition) is 4. The fourth-order valence-corrected chi connectivity index (χ4v) is 1.82. The highest BCUT2D eigenvalue weighted by Gasteiger charge is 2.03. The second kappa shape index (κ2) is 12.9. The highest BCUT2D eigenvalue weighted by atomic mass is 16.5. The van der Waals surface area contributed by atoms with Crippen LogP contribution in [0.2, 0.25) is 0 Å². The molecule has 0 heterocycles. The minimum atomic E-state index is -0.382. The van der Waals surface area contributed by atoms with Gasteiger partial charge in [0, 0.05) is 13.2 Å². The lowest BCUT2D eigenvalue weighted by atomic mass is 10.1. The Labute approximate surface area is 119 Å². The zero-order valence-electron chi connectivity index (χ0n) is 13.3. The molecule has 0 aliphatic rings. The zero-order chi connectivity index (χ0) is 14.5. The van der Waals surface area contributed by atoms with Crippen molar-refractivity contribution in [3.05, 3.63) is 0 Å². The van der Waals surface area contributed by atoms with E-state index < -0.39 is 0 Å². The lowest BCUT2D eigenvalue weighted by Crippen LogP contribution is -2.31. The maximum Gasteiger partial charge on any atom is 0.0897 e. The largest absolute Gasteiger partial charge is 0.389 e. The molecule has 0 aromatic heterocycles. The van der Waals surface area contributed by atoms with Crippen molar-refractivity contribution in [1.29, 1.82) is 0 Å². The second-order valence-electron chi connectivity index (χ2n) is 5.98. The molecule has 0 radical (unpaired) electrons. The summed E-state index contributed by atoms with van der Waals surface area (Å²) in [5.74, 6) is 0.734. The summed E-state index contributed by atoms with van der Waals surface area (Å²) >= 11 is 0. The standard InChI is InChI=1S/C15H34N2O2/c1-14(2)8-7-11-19-13-15(18)12-16-9-5-6-10-17(3)4/h14-16,18H,5-13H2,1-4H3. The molecule has 0 rings (SSSR count). The molecule has 4 nitrogen and oxygen atoms in total. The molecule has 0 saturated carbocycles. The summed E-state index contributed by atoms with van der Waals surface area (Å²) in [4.78, 5) is 2.19. The van der Waals surface area contributed by atoms with E-state index >= 15 is 0 Å². The maximum absolute atomic E-state index is 9.71. The van der Waals surface area contributed by atoms with Gasteiger partial charge in [-0.2, -0.15) is 0 Å². The van der Waals surface area contributed by atoms with Gasteiger partial charge in [-0.1, -0.05) is 13.8 Å². The molecule has 0 amide bonds. The van der Waals surface area contributed by atoms with Gasteiger partial charge in [-0.3, -0.25) is 0 Å². The fraction of sp³-hybridized carbons (Fsp3) is 1.00. The van der Waals surface area contributed by atoms with E-state index in [0.29, 0.717) is 13.2 Å². The zero-order valence-corrected chi connectivity index (χ0v) is 13.3. The van der Waals surface area contributed by atoms with E-state index in [4.69, 9.17) is 4.74 Å². The maximum atomic E-state index is 9.71. The van der Waals surface area contributed by atoms with Crippen molar-refractivity contribution in [1.82, 2.24) is 10.2 Å². The van der Waals surface area contributed by atoms with E-state index in [-0.39, 0.29) is 6.10 Å². The SMILES string of the molecule is CC(C)CCCOCC(O)CNCCCCN(C)C. The fourth-order valence-electron chi connectivity index (χ4n) is 1.82. The smallest absolute Gasteiger partial charge is 0.0897 e. The van der Waals surface area contributed by atoms with Gasteiger partial charge in [-0.05, 0) is 58.8 Å². The molecule has 2 N–H and O–H groups in total. The van der Waals surface area contributed by atoms with Gasteiger partial charge < -0.3 is 20.1 Å². The van der Waals surface area contributed by atoms with Crippen LogP contribution in [0.3, 0.4) is 0 Å². The molecule has 1 atom stereocenters. The molecular weight excluding hydrogens is 240 g/mol. The number of aliphatic hydroxyl groups excluding tert-OH is 1. The van der Waals surface area contributed by atoms with E-state index in [2.05, 4.69) is 38.2 Å². The third-order valence-corrected chi connectivity index (χ3v) is 2.97. The van der Waals surface area contributed by atoms with Crippen LogP contribution in [0.4, 0.5) is 0 Å². The average molecular weight is 274 g/mol. The van der Waals surface area contributed by atoms with Crippen LogP contribution in [0.15, 0.2) is 0 Å². The monoisotopic (exact) mass is 274 g/mol. The molecular formula is C15H34N2O2. The summed E-state index contributed by atoms with van der Waals surface area (Å²) in [6.07, 6.45) is 4.25. The Bertz CT molecular complexity index is 187. The lowest BCUT2D eigenvalue weighted by Gasteiger charge is -2.13. The van der Waals surface area contributed by atoms with Crippen molar-refractivity contribution in [2.24, 2.45) is 5.92 Å². The minimum absolute atomic E-state index is 0.382.